The zero-order chi connectivity index (χ0) is 18.5. The van der Waals surface area contributed by atoms with E-state index in [2.05, 4.69) is 37.4 Å². The largest absolute Gasteiger partial charge is 0.497 e. The van der Waals surface area contributed by atoms with E-state index in [1.54, 1.807) is 19.5 Å². The van der Waals surface area contributed by atoms with Gasteiger partial charge in [-0.15, -0.1) is 0 Å². The van der Waals surface area contributed by atoms with E-state index in [1.165, 1.54) is 0 Å². The summed E-state index contributed by atoms with van der Waals surface area (Å²) < 4.78 is 8.60. The average molecular weight is 419 g/mol. The Morgan fingerprint density at radius 2 is 1.96 bits per heavy atom. The molecule has 0 bridgehead atoms. The molecule has 0 saturated heterocycles. The predicted octanol–water partition coefficient (Wildman–Crippen LogP) is 4.80. The Hall–Kier alpha value is -2.92. The van der Waals surface area contributed by atoms with Crippen LogP contribution >= 0.6 is 15.9 Å². The molecule has 0 unspecified atom stereocenters. The predicted molar refractivity (Wildman–Crippen MR) is 111 cm³/mol. The summed E-state index contributed by atoms with van der Waals surface area (Å²) in [5, 5.41) is 2.79. The lowest BCUT2D eigenvalue weighted by atomic mass is 10.0. The van der Waals surface area contributed by atoms with Gasteiger partial charge in [-0.3, -0.25) is 9.78 Å². The standard InChI is InChI=1S/C22H15BrN2O2/c1-27-16-9-18-17-8-15(23)4-5-20(17)25-12-14(7-13-3-2-6-24-11-13)22(26)19(10-16)21(18)25/h2-6,8-12H,7H2,1H3. The number of hydrogen-bond donors (Lipinski definition) is 0. The van der Waals surface area contributed by atoms with Gasteiger partial charge in [-0.1, -0.05) is 22.0 Å². The zero-order valence-corrected chi connectivity index (χ0v) is 16.2. The normalized spacial score (nSPS) is 11.6. The molecule has 3 heterocycles. The van der Waals surface area contributed by atoms with Crippen LogP contribution in [0.4, 0.5) is 0 Å². The van der Waals surface area contributed by atoms with Crippen LogP contribution in [0.25, 0.3) is 27.2 Å². The van der Waals surface area contributed by atoms with Crippen molar-refractivity contribution in [2.24, 2.45) is 0 Å². The van der Waals surface area contributed by atoms with E-state index in [0.29, 0.717) is 17.6 Å². The fourth-order valence-electron chi connectivity index (χ4n) is 3.79. The van der Waals surface area contributed by atoms with Crippen molar-refractivity contribution in [1.29, 1.82) is 0 Å². The molecule has 0 aliphatic rings. The highest BCUT2D eigenvalue weighted by atomic mass is 79.9. The summed E-state index contributed by atoms with van der Waals surface area (Å²) >= 11 is 3.56. The summed E-state index contributed by atoms with van der Waals surface area (Å²) in [7, 11) is 1.63. The van der Waals surface area contributed by atoms with Crippen molar-refractivity contribution in [3.05, 3.63) is 86.9 Å². The molecule has 0 N–H and O–H groups in total. The molecule has 3 aromatic heterocycles. The molecule has 2 aromatic carbocycles. The van der Waals surface area contributed by atoms with E-state index in [4.69, 9.17) is 4.74 Å². The van der Waals surface area contributed by atoms with Crippen LogP contribution in [0.3, 0.4) is 0 Å². The molecule has 0 atom stereocenters. The highest BCUT2D eigenvalue weighted by Crippen LogP contribution is 2.35. The summed E-state index contributed by atoms with van der Waals surface area (Å²) in [5.74, 6) is 0.688. The lowest BCUT2D eigenvalue weighted by molar-refractivity contribution is 0.416. The molecule has 0 amide bonds. The van der Waals surface area contributed by atoms with E-state index in [1.807, 2.05) is 36.5 Å². The lowest BCUT2D eigenvalue weighted by Gasteiger charge is -2.08. The highest BCUT2D eigenvalue weighted by Gasteiger charge is 2.17. The molecule has 0 spiro atoms. The SMILES string of the molecule is COc1cc2c(=O)c(Cc3cccnc3)cn3c4ccc(Br)cc4c(c1)c23. The number of nitrogens with zero attached hydrogens (tertiary/aromatic N) is 2. The monoisotopic (exact) mass is 418 g/mol. The number of pyridine rings is 2. The van der Waals surface area contributed by atoms with Crippen molar-refractivity contribution in [3.8, 4) is 5.75 Å². The van der Waals surface area contributed by atoms with Crippen molar-refractivity contribution in [1.82, 2.24) is 9.38 Å². The van der Waals surface area contributed by atoms with Crippen LogP contribution < -0.4 is 10.2 Å². The van der Waals surface area contributed by atoms with Gasteiger partial charge < -0.3 is 9.14 Å². The van der Waals surface area contributed by atoms with Gasteiger partial charge in [0.25, 0.3) is 0 Å². The van der Waals surface area contributed by atoms with Crippen molar-refractivity contribution < 1.29 is 4.74 Å². The second-order valence-electron chi connectivity index (χ2n) is 6.62. The maximum Gasteiger partial charge on any atom is 0.193 e. The van der Waals surface area contributed by atoms with Gasteiger partial charge >= 0.3 is 0 Å². The summed E-state index contributed by atoms with van der Waals surface area (Å²) in [4.78, 5) is 17.4. The van der Waals surface area contributed by atoms with Crippen molar-refractivity contribution in [3.63, 3.8) is 0 Å². The van der Waals surface area contributed by atoms with Crippen LogP contribution in [-0.4, -0.2) is 16.5 Å². The Balaban J connectivity index is 1.91. The number of methoxy groups -OCH3 is 1. The van der Waals surface area contributed by atoms with Crippen LogP contribution in [-0.2, 0) is 6.42 Å². The number of ether oxygens (including phenoxy) is 1. The molecule has 5 aromatic rings. The molecule has 5 heteroatoms. The van der Waals surface area contributed by atoms with Crippen LogP contribution in [0.15, 0.2) is 70.3 Å². The van der Waals surface area contributed by atoms with E-state index < -0.39 is 0 Å². The quantitative estimate of drug-likeness (QED) is 0.422. The zero-order valence-electron chi connectivity index (χ0n) is 14.6. The van der Waals surface area contributed by atoms with Crippen molar-refractivity contribution in [2.75, 3.05) is 7.11 Å². The smallest absolute Gasteiger partial charge is 0.193 e. The van der Waals surface area contributed by atoms with Gasteiger partial charge in [0.2, 0.25) is 0 Å². The topological polar surface area (TPSA) is 43.6 Å². The van der Waals surface area contributed by atoms with Gasteiger partial charge in [-0.25, -0.2) is 0 Å². The van der Waals surface area contributed by atoms with E-state index in [0.717, 1.165) is 37.4 Å². The lowest BCUT2D eigenvalue weighted by Crippen LogP contribution is -2.12. The molecule has 0 fully saturated rings. The number of benzene rings is 2. The third kappa shape index (κ3) is 2.50. The minimum Gasteiger partial charge on any atom is -0.497 e. The van der Waals surface area contributed by atoms with E-state index in [9.17, 15) is 4.79 Å². The van der Waals surface area contributed by atoms with Crippen LogP contribution in [0.2, 0.25) is 0 Å². The maximum atomic E-state index is 13.3. The summed E-state index contributed by atoms with van der Waals surface area (Å²) in [6.07, 6.45) is 6.05. The van der Waals surface area contributed by atoms with Crippen LogP contribution in [0, 0.1) is 0 Å². The molecule has 4 nitrogen and oxygen atoms in total. The number of fused-ring (bicyclic) bond motifs is 3. The van der Waals surface area contributed by atoms with Crippen LogP contribution in [0.1, 0.15) is 11.1 Å². The molecule has 132 valence electrons. The minimum absolute atomic E-state index is 0.0390. The Morgan fingerprint density at radius 1 is 1.11 bits per heavy atom. The fraction of sp³-hybridized carbons (Fsp3) is 0.0909. The Labute approximate surface area is 163 Å². The number of aromatic nitrogens is 2. The Kier molecular flexibility index (Phi) is 3.65. The Bertz CT molecular complexity index is 1360. The molecule has 0 aliphatic heterocycles. The summed E-state index contributed by atoms with van der Waals surface area (Å²) in [6, 6.07) is 13.9. The molecular formula is C22H15BrN2O2. The third-order valence-corrected chi connectivity index (χ3v) is 5.50. The third-order valence-electron chi connectivity index (χ3n) is 5.01. The van der Waals surface area contributed by atoms with Crippen molar-refractivity contribution >= 4 is 43.1 Å². The molecule has 5 rings (SSSR count). The first-order chi connectivity index (χ1) is 13.2. The second kappa shape index (κ2) is 6.06. The fourth-order valence-corrected chi connectivity index (χ4v) is 4.15. The Morgan fingerprint density at radius 3 is 2.74 bits per heavy atom. The van der Waals surface area contributed by atoms with E-state index >= 15 is 0 Å². The van der Waals surface area contributed by atoms with E-state index in [-0.39, 0.29) is 5.43 Å². The van der Waals surface area contributed by atoms with Gasteiger partial charge in [-0.2, -0.15) is 0 Å². The molecule has 27 heavy (non-hydrogen) atoms. The first kappa shape index (κ1) is 16.3. The first-order valence-electron chi connectivity index (χ1n) is 8.61. The number of hydrogen-bond acceptors (Lipinski definition) is 3. The number of rotatable bonds is 3. The van der Waals surface area contributed by atoms with Gasteiger partial charge in [0, 0.05) is 45.8 Å². The molecular weight excluding hydrogens is 404 g/mol. The number of halogens is 1. The van der Waals surface area contributed by atoms with Gasteiger partial charge in [0.05, 0.1) is 23.5 Å². The van der Waals surface area contributed by atoms with Gasteiger partial charge in [0.15, 0.2) is 5.43 Å². The second-order valence-corrected chi connectivity index (χ2v) is 7.54. The van der Waals surface area contributed by atoms with Crippen LogP contribution in [0.5, 0.6) is 5.75 Å². The van der Waals surface area contributed by atoms with Crippen molar-refractivity contribution in [2.45, 2.75) is 6.42 Å². The summed E-state index contributed by atoms with van der Waals surface area (Å²) in [6.45, 7) is 0. The molecule has 0 radical (unpaired) electrons. The molecule has 0 aliphatic carbocycles. The summed E-state index contributed by atoms with van der Waals surface area (Å²) in [5.41, 5.74) is 3.80. The average Bonchev–Trinajstić information content (AvgIpc) is 2.99. The molecule has 0 saturated carbocycles. The highest BCUT2D eigenvalue weighted by molar-refractivity contribution is 9.10. The van der Waals surface area contributed by atoms with Gasteiger partial charge in [0.1, 0.15) is 5.75 Å². The maximum absolute atomic E-state index is 13.3. The minimum atomic E-state index is 0.0390. The van der Waals surface area contributed by atoms with Gasteiger partial charge in [-0.05, 0) is 42.0 Å². The first-order valence-corrected chi connectivity index (χ1v) is 9.40.